The van der Waals surface area contributed by atoms with E-state index in [1.54, 1.807) is 6.33 Å². The van der Waals surface area contributed by atoms with Crippen LogP contribution in [0.1, 0.15) is 29.7 Å². The van der Waals surface area contributed by atoms with Gasteiger partial charge in [0.1, 0.15) is 0 Å². The molecule has 0 spiro atoms. The van der Waals surface area contributed by atoms with Gasteiger partial charge in [0, 0.05) is 25.8 Å². The van der Waals surface area contributed by atoms with Gasteiger partial charge in [-0.1, -0.05) is 24.3 Å². The molecule has 1 radical (unpaired) electrons. The molecule has 4 nitrogen and oxygen atoms in total. The van der Waals surface area contributed by atoms with Crippen LogP contribution in [-0.2, 0) is 17.9 Å². The molecule has 21 heavy (non-hydrogen) atoms. The van der Waals surface area contributed by atoms with Gasteiger partial charge < -0.3 is 9.72 Å². The average Bonchev–Trinajstić information content (AvgIpc) is 3.00. The van der Waals surface area contributed by atoms with E-state index in [0.29, 0.717) is 12.7 Å². The SMILES string of the molecule is [CH2]c1cccc(CN2CCC(OCc3c[nH]cn3)CC2)c1. The first-order valence-electron chi connectivity index (χ1n) is 7.52. The van der Waals surface area contributed by atoms with Gasteiger partial charge in [-0.2, -0.15) is 0 Å². The van der Waals surface area contributed by atoms with Gasteiger partial charge in [0.2, 0.25) is 0 Å². The Morgan fingerprint density at radius 1 is 1.33 bits per heavy atom. The van der Waals surface area contributed by atoms with Crippen molar-refractivity contribution >= 4 is 0 Å². The zero-order chi connectivity index (χ0) is 14.5. The highest BCUT2D eigenvalue weighted by Crippen LogP contribution is 2.17. The quantitative estimate of drug-likeness (QED) is 0.918. The number of aromatic amines is 1. The zero-order valence-electron chi connectivity index (χ0n) is 12.3. The number of piperidine rings is 1. The lowest BCUT2D eigenvalue weighted by molar-refractivity contribution is -0.00511. The first kappa shape index (κ1) is 14.3. The molecule has 0 aliphatic carbocycles. The number of likely N-dealkylation sites (tertiary alicyclic amines) is 1. The number of nitrogens with zero attached hydrogens (tertiary/aromatic N) is 2. The Balaban J connectivity index is 1.42. The van der Waals surface area contributed by atoms with E-state index in [2.05, 4.69) is 40.0 Å². The van der Waals surface area contributed by atoms with Crippen LogP contribution in [0.3, 0.4) is 0 Å². The number of imidazole rings is 1. The molecule has 1 aliphatic rings. The van der Waals surface area contributed by atoms with E-state index in [1.165, 1.54) is 5.56 Å². The molecular weight excluding hydrogens is 262 g/mol. The van der Waals surface area contributed by atoms with Crippen LogP contribution in [0.4, 0.5) is 0 Å². The lowest BCUT2D eigenvalue weighted by Gasteiger charge is -2.31. The first-order chi connectivity index (χ1) is 10.3. The molecule has 1 fully saturated rings. The standard InChI is InChI=1S/C17H22N3O/c1-14-3-2-4-15(9-14)11-20-7-5-17(6-8-20)21-12-16-10-18-13-19-16/h2-4,9-10,13,17H,1,5-8,11-12H2,(H,18,19). The summed E-state index contributed by atoms with van der Waals surface area (Å²) >= 11 is 0. The second-order valence-corrected chi connectivity index (χ2v) is 5.67. The van der Waals surface area contributed by atoms with Gasteiger partial charge in [0.15, 0.2) is 0 Å². The maximum Gasteiger partial charge on any atom is 0.0924 e. The number of rotatable bonds is 5. The van der Waals surface area contributed by atoms with E-state index in [4.69, 9.17) is 4.74 Å². The molecule has 1 saturated heterocycles. The molecule has 1 N–H and O–H groups in total. The molecule has 3 rings (SSSR count). The molecule has 1 aromatic heterocycles. The molecule has 1 aliphatic heterocycles. The van der Waals surface area contributed by atoms with Crippen LogP contribution in [0.15, 0.2) is 36.8 Å². The Labute approximate surface area is 126 Å². The Kier molecular flexibility index (Phi) is 4.68. The maximum absolute atomic E-state index is 5.93. The fourth-order valence-electron chi connectivity index (χ4n) is 2.79. The minimum atomic E-state index is 0.358. The van der Waals surface area contributed by atoms with Gasteiger partial charge in [-0.15, -0.1) is 0 Å². The molecular formula is C17H22N3O. The molecule has 2 heterocycles. The number of aromatic nitrogens is 2. The molecule has 0 unspecified atom stereocenters. The summed E-state index contributed by atoms with van der Waals surface area (Å²) in [6.45, 7) is 7.79. The fraction of sp³-hybridized carbons (Fsp3) is 0.412. The summed E-state index contributed by atoms with van der Waals surface area (Å²) < 4.78 is 5.93. The Morgan fingerprint density at radius 3 is 2.90 bits per heavy atom. The molecule has 0 atom stereocenters. The van der Waals surface area contributed by atoms with Crippen molar-refractivity contribution in [3.05, 3.63) is 60.5 Å². The molecule has 1 aromatic carbocycles. The number of ether oxygens (including phenoxy) is 1. The number of nitrogens with one attached hydrogen (secondary N) is 1. The minimum absolute atomic E-state index is 0.358. The van der Waals surface area contributed by atoms with Crippen LogP contribution < -0.4 is 0 Å². The predicted octanol–water partition coefficient (Wildman–Crippen LogP) is 2.77. The number of hydrogen-bond donors (Lipinski definition) is 1. The number of H-pyrrole nitrogens is 1. The van der Waals surface area contributed by atoms with Crippen LogP contribution in [0.2, 0.25) is 0 Å². The van der Waals surface area contributed by atoms with E-state index >= 15 is 0 Å². The Hall–Kier alpha value is -1.65. The van der Waals surface area contributed by atoms with Gasteiger partial charge in [-0.3, -0.25) is 4.90 Å². The third-order valence-corrected chi connectivity index (χ3v) is 3.95. The largest absolute Gasteiger partial charge is 0.372 e. The second-order valence-electron chi connectivity index (χ2n) is 5.67. The smallest absolute Gasteiger partial charge is 0.0924 e. The van der Waals surface area contributed by atoms with Crippen molar-refractivity contribution in [1.29, 1.82) is 0 Å². The summed E-state index contributed by atoms with van der Waals surface area (Å²) in [6.07, 6.45) is 6.12. The molecule has 111 valence electrons. The summed E-state index contributed by atoms with van der Waals surface area (Å²) in [4.78, 5) is 9.62. The highest BCUT2D eigenvalue weighted by molar-refractivity contribution is 5.25. The van der Waals surface area contributed by atoms with Crippen molar-refractivity contribution in [2.24, 2.45) is 0 Å². The van der Waals surface area contributed by atoms with Gasteiger partial charge in [0.05, 0.1) is 24.7 Å². The average molecular weight is 284 g/mol. The monoisotopic (exact) mass is 284 g/mol. The highest BCUT2D eigenvalue weighted by Gasteiger charge is 2.19. The van der Waals surface area contributed by atoms with Crippen LogP contribution in [0.25, 0.3) is 0 Å². The van der Waals surface area contributed by atoms with Gasteiger partial charge >= 0.3 is 0 Å². The van der Waals surface area contributed by atoms with Gasteiger partial charge in [-0.05, 0) is 30.9 Å². The van der Waals surface area contributed by atoms with Crippen molar-refractivity contribution in [2.45, 2.75) is 32.1 Å². The van der Waals surface area contributed by atoms with Gasteiger partial charge in [-0.25, -0.2) is 4.98 Å². The van der Waals surface area contributed by atoms with E-state index in [-0.39, 0.29) is 0 Å². The lowest BCUT2D eigenvalue weighted by Crippen LogP contribution is -2.36. The predicted molar refractivity (Wildman–Crippen MR) is 82.6 cm³/mol. The highest BCUT2D eigenvalue weighted by atomic mass is 16.5. The fourth-order valence-corrected chi connectivity index (χ4v) is 2.79. The molecule has 0 amide bonds. The van der Waals surface area contributed by atoms with Gasteiger partial charge in [0.25, 0.3) is 0 Å². The summed E-state index contributed by atoms with van der Waals surface area (Å²) in [5.74, 6) is 0. The zero-order valence-corrected chi connectivity index (χ0v) is 12.3. The van der Waals surface area contributed by atoms with Crippen molar-refractivity contribution in [3.63, 3.8) is 0 Å². The maximum atomic E-state index is 5.93. The van der Waals surface area contributed by atoms with Crippen molar-refractivity contribution in [3.8, 4) is 0 Å². The molecule has 0 saturated carbocycles. The first-order valence-corrected chi connectivity index (χ1v) is 7.52. The number of benzene rings is 1. The lowest BCUT2D eigenvalue weighted by atomic mass is 10.1. The summed E-state index contributed by atoms with van der Waals surface area (Å²) in [7, 11) is 0. The Bertz CT molecular complexity index is 545. The third kappa shape index (κ3) is 4.16. The second kappa shape index (κ2) is 6.87. The summed E-state index contributed by atoms with van der Waals surface area (Å²) in [6, 6.07) is 8.46. The third-order valence-electron chi connectivity index (χ3n) is 3.95. The van der Waals surface area contributed by atoms with E-state index < -0.39 is 0 Å². The summed E-state index contributed by atoms with van der Waals surface area (Å²) in [5, 5.41) is 0. The Morgan fingerprint density at radius 2 is 2.19 bits per heavy atom. The minimum Gasteiger partial charge on any atom is -0.372 e. The molecule has 0 bridgehead atoms. The molecule has 2 aromatic rings. The van der Waals surface area contributed by atoms with Crippen LogP contribution in [-0.4, -0.2) is 34.1 Å². The van der Waals surface area contributed by atoms with Crippen LogP contribution in [0, 0.1) is 6.92 Å². The summed E-state index contributed by atoms with van der Waals surface area (Å²) in [5.41, 5.74) is 3.41. The normalized spacial score (nSPS) is 17.2. The topological polar surface area (TPSA) is 41.1 Å². The van der Waals surface area contributed by atoms with E-state index in [1.807, 2.05) is 12.3 Å². The van der Waals surface area contributed by atoms with Crippen molar-refractivity contribution in [1.82, 2.24) is 14.9 Å². The van der Waals surface area contributed by atoms with Crippen LogP contribution in [0.5, 0.6) is 0 Å². The van der Waals surface area contributed by atoms with Crippen LogP contribution >= 0.6 is 0 Å². The number of hydrogen-bond acceptors (Lipinski definition) is 3. The van der Waals surface area contributed by atoms with E-state index in [9.17, 15) is 0 Å². The molecule has 4 heteroatoms. The van der Waals surface area contributed by atoms with Crippen molar-refractivity contribution < 1.29 is 4.74 Å². The van der Waals surface area contributed by atoms with E-state index in [0.717, 1.165) is 43.7 Å². The van der Waals surface area contributed by atoms with Crippen molar-refractivity contribution in [2.75, 3.05) is 13.1 Å².